The summed E-state index contributed by atoms with van der Waals surface area (Å²) in [5, 5.41) is 19.7. The first-order chi connectivity index (χ1) is 11.9. The Morgan fingerprint density at radius 1 is 1.24 bits per heavy atom. The van der Waals surface area contributed by atoms with Gasteiger partial charge in [0, 0.05) is 12.1 Å². The van der Waals surface area contributed by atoms with Crippen molar-refractivity contribution in [1.82, 2.24) is 19.5 Å². The van der Waals surface area contributed by atoms with Gasteiger partial charge >= 0.3 is 0 Å². The molecule has 9 nitrogen and oxygen atoms in total. The third-order valence-electron chi connectivity index (χ3n) is 4.58. The highest BCUT2D eigenvalue weighted by atomic mass is 16.5. The monoisotopic (exact) mass is 350 g/mol. The summed E-state index contributed by atoms with van der Waals surface area (Å²) >= 11 is 0. The van der Waals surface area contributed by atoms with E-state index in [1.54, 1.807) is 10.9 Å². The number of aromatic nitrogens is 4. The molecular formula is C16H26N6O3. The molecule has 2 aromatic heterocycles. The topological polar surface area (TPSA) is 123 Å². The lowest BCUT2D eigenvalue weighted by atomic mass is 10.1. The Morgan fingerprint density at radius 3 is 2.48 bits per heavy atom. The average Bonchev–Trinajstić information content (AvgIpc) is 3.10. The minimum absolute atomic E-state index is 0.240. The maximum absolute atomic E-state index is 10.4. The number of imidazole rings is 1. The molecule has 3 heterocycles. The van der Waals surface area contributed by atoms with Gasteiger partial charge < -0.3 is 25.6 Å². The molecule has 1 aliphatic rings. The van der Waals surface area contributed by atoms with E-state index in [4.69, 9.17) is 10.5 Å². The highest BCUT2D eigenvalue weighted by molar-refractivity contribution is 5.83. The van der Waals surface area contributed by atoms with Crippen LogP contribution in [-0.4, -0.2) is 66.7 Å². The molecule has 3 rings (SSSR count). The van der Waals surface area contributed by atoms with Crippen LogP contribution in [0.1, 0.15) is 33.9 Å². The molecule has 0 aromatic carbocycles. The zero-order chi connectivity index (χ0) is 18.3. The molecule has 0 amide bonds. The van der Waals surface area contributed by atoms with Gasteiger partial charge in [0.1, 0.15) is 18.5 Å². The lowest BCUT2D eigenvalue weighted by Gasteiger charge is -2.31. The van der Waals surface area contributed by atoms with Crippen LogP contribution >= 0.6 is 0 Å². The Morgan fingerprint density at radius 2 is 1.92 bits per heavy atom. The van der Waals surface area contributed by atoms with Crippen LogP contribution in [0.15, 0.2) is 12.7 Å². The van der Waals surface area contributed by atoms with Crippen LogP contribution in [0.4, 0.5) is 5.82 Å². The molecule has 138 valence electrons. The van der Waals surface area contributed by atoms with Crippen LogP contribution in [-0.2, 0) is 4.74 Å². The number of aliphatic hydroxyl groups is 2. The zero-order valence-corrected chi connectivity index (χ0v) is 14.9. The molecule has 1 aliphatic heterocycles. The summed E-state index contributed by atoms with van der Waals surface area (Å²) in [7, 11) is 0. The van der Waals surface area contributed by atoms with Crippen LogP contribution in [0.25, 0.3) is 11.2 Å². The quantitative estimate of drug-likeness (QED) is 0.690. The number of rotatable bonds is 5. The van der Waals surface area contributed by atoms with E-state index in [1.165, 1.54) is 6.33 Å². The van der Waals surface area contributed by atoms with Crippen molar-refractivity contribution in [2.45, 2.75) is 64.3 Å². The molecular weight excluding hydrogens is 324 g/mol. The summed E-state index contributed by atoms with van der Waals surface area (Å²) in [4.78, 5) is 15.4. The van der Waals surface area contributed by atoms with Gasteiger partial charge in [0.15, 0.2) is 23.2 Å². The predicted molar refractivity (Wildman–Crippen MR) is 93.1 cm³/mol. The van der Waals surface area contributed by atoms with Gasteiger partial charge in [0.2, 0.25) is 0 Å². The van der Waals surface area contributed by atoms with Crippen molar-refractivity contribution in [3.63, 3.8) is 0 Å². The Labute approximate surface area is 146 Å². The van der Waals surface area contributed by atoms with E-state index in [0.29, 0.717) is 11.2 Å². The smallest absolute Gasteiger partial charge is 0.167 e. The number of anilines is 1. The summed E-state index contributed by atoms with van der Waals surface area (Å²) in [6.45, 7) is 8.13. The van der Waals surface area contributed by atoms with Gasteiger partial charge in [-0.2, -0.15) is 0 Å². The first kappa shape index (κ1) is 18.0. The molecule has 0 aliphatic carbocycles. The Hall–Kier alpha value is -1.81. The van der Waals surface area contributed by atoms with Crippen molar-refractivity contribution < 1.29 is 14.9 Å². The second-order valence-electron chi connectivity index (χ2n) is 6.93. The highest BCUT2D eigenvalue weighted by Gasteiger charge is 2.43. The fraction of sp³-hybridized carbons (Fsp3) is 0.688. The van der Waals surface area contributed by atoms with E-state index in [2.05, 4.69) is 47.5 Å². The van der Waals surface area contributed by atoms with Gasteiger partial charge in [-0.3, -0.25) is 4.57 Å². The van der Waals surface area contributed by atoms with E-state index in [-0.39, 0.29) is 18.7 Å². The minimum atomic E-state index is -0.959. The number of nitrogens with zero attached hydrogens (tertiary/aromatic N) is 5. The number of fused-ring (bicyclic) bond motifs is 1. The fourth-order valence-corrected chi connectivity index (χ4v) is 3.46. The molecule has 0 saturated carbocycles. The van der Waals surface area contributed by atoms with E-state index >= 15 is 0 Å². The number of hydrogen-bond acceptors (Lipinski definition) is 8. The van der Waals surface area contributed by atoms with Crippen LogP contribution in [0.2, 0.25) is 0 Å². The number of hydrogen-bond donors (Lipinski definition) is 3. The highest BCUT2D eigenvalue weighted by Crippen LogP contribution is 2.32. The first-order valence-electron chi connectivity index (χ1n) is 8.52. The summed E-state index contributed by atoms with van der Waals surface area (Å²) in [6, 6.07) is -0.191. The van der Waals surface area contributed by atoms with Crippen molar-refractivity contribution in [1.29, 1.82) is 0 Å². The van der Waals surface area contributed by atoms with Crippen molar-refractivity contribution in [2.75, 3.05) is 11.5 Å². The van der Waals surface area contributed by atoms with E-state index in [1.807, 2.05) is 0 Å². The van der Waals surface area contributed by atoms with E-state index < -0.39 is 24.5 Å². The molecule has 2 aromatic rings. The summed E-state index contributed by atoms with van der Waals surface area (Å²) in [5.74, 6) is 0.740. The van der Waals surface area contributed by atoms with Gasteiger partial charge in [-0.1, -0.05) is 0 Å². The molecule has 0 bridgehead atoms. The molecule has 0 spiro atoms. The van der Waals surface area contributed by atoms with Gasteiger partial charge in [-0.05, 0) is 27.7 Å². The van der Waals surface area contributed by atoms with Crippen LogP contribution in [0, 0.1) is 0 Å². The van der Waals surface area contributed by atoms with Crippen molar-refractivity contribution in [3.8, 4) is 0 Å². The van der Waals surface area contributed by atoms with Gasteiger partial charge in [-0.15, -0.1) is 0 Å². The number of ether oxygens (including phenoxy) is 1. The summed E-state index contributed by atoms with van der Waals surface area (Å²) in [5.41, 5.74) is 7.12. The molecule has 0 radical (unpaired) electrons. The fourth-order valence-electron chi connectivity index (χ4n) is 3.46. The van der Waals surface area contributed by atoms with Gasteiger partial charge in [0.05, 0.1) is 19.0 Å². The zero-order valence-electron chi connectivity index (χ0n) is 14.9. The average molecular weight is 350 g/mol. The molecule has 1 fully saturated rings. The maximum atomic E-state index is 10.4. The second kappa shape index (κ2) is 6.83. The minimum Gasteiger partial charge on any atom is -0.394 e. The van der Waals surface area contributed by atoms with Gasteiger partial charge in [0.25, 0.3) is 0 Å². The van der Waals surface area contributed by atoms with Crippen LogP contribution < -0.4 is 10.6 Å². The van der Waals surface area contributed by atoms with E-state index in [0.717, 1.165) is 5.82 Å². The predicted octanol–water partition coefficient (Wildman–Crippen LogP) is 0.0274. The standard InChI is InChI=1S/C16H26N6O3/c1-8(2)22(9(3)4)15-12-14(18-6-19-15)21(7-20-12)16-13(24)11(17)10(5-23)25-16/h6-11,13,16,23-24H,5,17H2,1-4H3. The SMILES string of the molecule is CC(C)N(c1ncnc2c1ncn2C1OC(CO)C(N)C1O)C(C)C. The molecule has 4 unspecified atom stereocenters. The molecule has 4 N–H and O–H groups in total. The summed E-state index contributed by atoms with van der Waals surface area (Å²) in [6.07, 6.45) is 0.729. The van der Waals surface area contributed by atoms with Crippen molar-refractivity contribution in [3.05, 3.63) is 12.7 Å². The number of aliphatic hydroxyl groups excluding tert-OH is 2. The lowest BCUT2D eigenvalue weighted by molar-refractivity contribution is -0.0488. The second-order valence-corrected chi connectivity index (χ2v) is 6.93. The summed E-state index contributed by atoms with van der Waals surface area (Å²) < 4.78 is 7.36. The third kappa shape index (κ3) is 2.97. The van der Waals surface area contributed by atoms with E-state index in [9.17, 15) is 10.2 Å². The van der Waals surface area contributed by atoms with Gasteiger partial charge in [-0.25, -0.2) is 15.0 Å². The molecule has 1 saturated heterocycles. The maximum Gasteiger partial charge on any atom is 0.167 e. The van der Waals surface area contributed by atoms with Crippen molar-refractivity contribution >= 4 is 17.0 Å². The largest absolute Gasteiger partial charge is 0.394 e. The molecule has 9 heteroatoms. The molecule has 4 atom stereocenters. The normalized spacial score (nSPS) is 26.9. The lowest BCUT2D eigenvalue weighted by Crippen LogP contribution is -2.41. The number of nitrogens with two attached hydrogens (primary N) is 1. The Balaban J connectivity index is 2.05. The molecule has 25 heavy (non-hydrogen) atoms. The Bertz CT molecular complexity index is 726. The first-order valence-corrected chi connectivity index (χ1v) is 8.52. The Kier molecular flexibility index (Phi) is 4.92. The van der Waals surface area contributed by atoms with Crippen molar-refractivity contribution in [2.24, 2.45) is 5.73 Å². The van der Waals surface area contributed by atoms with Crippen LogP contribution in [0.3, 0.4) is 0 Å². The van der Waals surface area contributed by atoms with Crippen LogP contribution in [0.5, 0.6) is 0 Å². The third-order valence-corrected chi connectivity index (χ3v) is 4.58.